The fourth-order valence-corrected chi connectivity index (χ4v) is 2.06. The van der Waals surface area contributed by atoms with Gasteiger partial charge in [-0.25, -0.2) is 0 Å². The molecule has 2 rings (SSSR count). The van der Waals surface area contributed by atoms with E-state index in [4.69, 9.17) is 19.5 Å². The second-order valence-corrected chi connectivity index (χ2v) is 5.24. The van der Waals surface area contributed by atoms with Crippen LogP contribution in [0.1, 0.15) is 12.0 Å². The predicted octanol–water partition coefficient (Wildman–Crippen LogP) is 1.56. The summed E-state index contributed by atoms with van der Waals surface area (Å²) in [6.45, 7) is -0.217. The minimum absolute atomic E-state index is 0.0381. The SMILES string of the molecule is COc1ccccc1OCCC(=O)NNC(=O)COc1ccccc1C#N. The van der Waals surface area contributed by atoms with Crippen LogP contribution >= 0.6 is 0 Å². The van der Waals surface area contributed by atoms with Gasteiger partial charge in [-0.2, -0.15) is 5.26 Å². The highest BCUT2D eigenvalue weighted by Gasteiger charge is 2.09. The van der Waals surface area contributed by atoms with E-state index in [0.717, 1.165) is 0 Å². The Morgan fingerprint density at radius 2 is 1.56 bits per heavy atom. The quantitative estimate of drug-likeness (QED) is 0.684. The number of methoxy groups -OCH3 is 1. The minimum Gasteiger partial charge on any atom is -0.493 e. The predicted molar refractivity (Wildman–Crippen MR) is 96.0 cm³/mol. The Balaban J connectivity index is 1.67. The molecule has 2 aromatic rings. The van der Waals surface area contributed by atoms with Gasteiger partial charge in [0.1, 0.15) is 11.8 Å². The van der Waals surface area contributed by atoms with Crippen LogP contribution in [0.2, 0.25) is 0 Å². The van der Waals surface area contributed by atoms with Crippen LogP contribution in [-0.2, 0) is 9.59 Å². The van der Waals surface area contributed by atoms with Crippen molar-refractivity contribution in [1.29, 1.82) is 5.26 Å². The van der Waals surface area contributed by atoms with Gasteiger partial charge < -0.3 is 14.2 Å². The molecule has 0 atom stereocenters. The van der Waals surface area contributed by atoms with Gasteiger partial charge in [0.2, 0.25) is 5.91 Å². The molecule has 0 saturated carbocycles. The summed E-state index contributed by atoms with van der Waals surface area (Å²) in [5.74, 6) is 0.423. The number of para-hydroxylation sites is 3. The summed E-state index contributed by atoms with van der Waals surface area (Å²) >= 11 is 0. The van der Waals surface area contributed by atoms with E-state index in [0.29, 0.717) is 22.8 Å². The van der Waals surface area contributed by atoms with E-state index in [1.54, 1.807) is 42.5 Å². The van der Waals surface area contributed by atoms with E-state index in [1.807, 2.05) is 12.1 Å². The zero-order valence-electron chi connectivity index (χ0n) is 14.7. The highest BCUT2D eigenvalue weighted by Crippen LogP contribution is 2.25. The van der Waals surface area contributed by atoms with Gasteiger partial charge in [-0.05, 0) is 24.3 Å². The highest BCUT2D eigenvalue weighted by atomic mass is 16.5. The average Bonchev–Trinajstić information content (AvgIpc) is 2.71. The van der Waals surface area contributed by atoms with Gasteiger partial charge in [-0.1, -0.05) is 24.3 Å². The molecule has 2 N–H and O–H groups in total. The first-order valence-corrected chi connectivity index (χ1v) is 8.09. The summed E-state index contributed by atoms with van der Waals surface area (Å²) in [6.07, 6.45) is 0.0381. The number of benzene rings is 2. The average molecular weight is 369 g/mol. The van der Waals surface area contributed by atoms with Crippen LogP contribution in [0.3, 0.4) is 0 Å². The van der Waals surface area contributed by atoms with Crippen LogP contribution < -0.4 is 25.1 Å². The van der Waals surface area contributed by atoms with Crippen molar-refractivity contribution < 1.29 is 23.8 Å². The molecule has 0 aliphatic heterocycles. The summed E-state index contributed by atoms with van der Waals surface area (Å²) < 4.78 is 15.9. The number of amides is 2. The number of ether oxygens (including phenoxy) is 3. The molecule has 27 heavy (non-hydrogen) atoms. The van der Waals surface area contributed by atoms with E-state index < -0.39 is 11.8 Å². The maximum atomic E-state index is 11.7. The number of nitrogens with zero attached hydrogens (tertiary/aromatic N) is 1. The highest BCUT2D eigenvalue weighted by molar-refractivity contribution is 5.82. The van der Waals surface area contributed by atoms with E-state index in [-0.39, 0.29) is 19.6 Å². The number of nitriles is 1. The fourth-order valence-electron chi connectivity index (χ4n) is 2.06. The van der Waals surface area contributed by atoms with Crippen molar-refractivity contribution >= 4 is 11.8 Å². The monoisotopic (exact) mass is 369 g/mol. The Bertz CT molecular complexity index is 832. The van der Waals surface area contributed by atoms with Gasteiger partial charge in [-0.15, -0.1) is 0 Å². The Morgan fingerprint density at radius 3 is 2.26 bits per heavy atom. The van der Waals surface area contributed by atoms with Crippen LogP contribution in [0, 0.1) is 11.3 Å². The number of rotatable bonds is 8. The number of nitrogens with one attached hydrogen (secondary N) is 2. The van der Waals surface area contributed by atoms with Gasteiger partial charge in [-0.3, -0.25) is 20.4 Å². The minimum atomic E-state index is -0.554. The number of hydrogen-bond donors (Lipinski definition) is 2. The Labute approximate surface area is 156 Å². The summed E-state index contributed by atoms with van der Waals surface area (Å²) in [4.78, 5) is 23.5. The first kappa shape index (κ1) is 19.6. The third-order valence-electron chi connectivity index (χ3n) is 3.36. The normalized spacial score (nSPS) is 9.63. The molecular weight excluding hydrogens is 350 g/mol. The maximum Gasteiger partial charge on any atom is 0.276 e. The molecular formula is C19H19N3O5. The van der Waals surface area contributed by atoms with E-state index in [1.165, 1.54) is 7.11 Å². The van der Waals surface area contributed by atoms with Crippen LogP contribution in [0.15, 0.2) is 48.5 Å². The summed E-state index contributed by atoms with van der Waals surface area (Å²) in [7, 11) is 1.53. The number of carbonyl (C=O) groups excluding carboxylic acids is 2. The zero-order valence-corrected chi connectivity index (χ0v) is 14.7. The largest absolute Gasteiger partial charge is 0.493 e. The Morgan fingerprint density at radius 1 is 0.926 bits per heavy atom. The van der Waals surface area contributed by atoms with Crippen LogP contribution in [0.5, 0.6) is 17.2 Å². The maximum absolute atomic E-state index is 11.7. The Hall–Kier alpha value is -3.73. The lowest BCUT2D eigenvalue weighted by Gasteiger charge is -2.11. The standard InChI is InChI=1S/C19H19N3O5/c1-25-16-8-4-5-9-17(16)26-11-10-18(23)21-22-19(24)13-27-15-7-3-2-6-14(15)12-20/h2-9H,10-11,13H2,1H3,(H,21,23)(H,22,24). The molecule has 140 valence electrons. The van der Waals surface area contributed by atoms with E-state index in [2.05, 4.69) is 10.9 Å². The molecule has 0 saturated heterocycles. The number of carbonyl (C=O) groups is 2. The molecule has 0 aliphatic carbocycles. The van der Waals surface area contributed by atoms with Gasteiger partial charge in [0.05, 0.1) is 25.7 Å². The van der Waals surface area contributed by atoms with E-state index >= 15 is 0 Å². The summed E-state index contributed by atoms with van der Waals surface area (Å²) in [5.41, 5.74) is 4.82. The van der Waals surface area contributed by atoms with Crippen molar-refractivity contribution in [3.05, 3.63) is 54.1 Å². The molecule has 0 bridgehead atoms. The summed E-state index contributed by atoms with van der Waals surface area (Å²) in [5, 5.41) is 8.95. The van der Waals surface area contributed by atoms with Crippen molar-refractivity contribution in [1.82, 2.24) is 10.9 Å². The van der Waals surface area contributed by atoms with Gasteiger partial charge >= 0.3 is 0 Å². The molecule has 0 spiro atoms. The lowest BCUT2D eigenvalue weighted by molar-refractivity contribution is -0.130. The molecule has 2 amide bonds. The summed E-state index contributed by atoms with van der Waals surface area (Å²) in [6, 6.07) is 15.6. The van der Waals surface area contributed by atoms with Gasteiger partial charge in [0.25, 0.3) is 5.91 Å². The molecule has 0 aliphatic rings. The Kier molecular flexibility index (Phi) is 7.48. The molecule has 2 aromatic carbocycles. The first-order valence-electron chi connectivity index (χ1n) is 8.09. The number of hydrogen-bond acceptors (Lipinski definition) is 6. The van der Waals surface area contributed by atoms with E-state index in [9.17, 15) is 9.59 Å². The van der Waals surface area contributed by atoms with Crippen molar-refractivity contribution in [3.8, 4) is 23.3 Å². The molecule has 0 heterocycles. The van der Waals surface area contributed by atoms with Crippen LogP contribution in [-0.4, -0.2) is 32.1 Å². The van der Waals surface area contributed by atoms with Crippen molar-refractivity contribution in [2.75, 3.05) is 20.3 Å². The molecule has 0 fully saturated rings. The first-order chi connectivity index (χ1) is 13.1. The molecule has 0 unspecified atom stereocenters. The fraction of sp³-hybridized carbons (Fsp3) is 0.211. The van der Waals surface area contributed by atoms with Crippen molar-refractivity contribution in [3.63, 3.8) is 0 Å². The smallest absolute Gasteiger partial charge is 0.276 e. The third-order valence-corrected chi connectivity index (χ3v) is 3.36. The second-order valence-electron chi connectivity index (χ2n) is 5.24. The van der Waals surface area contributed by atoms with Gasteiger partial charge in [0.15, 0.2) is 18.1 Å². The topological polar surface area (TPSA) is 110 Å². The molecule has 0 aromatic heterocycles. The zero-order chi connectivity index (χ0) is 19.5. The molecule has 8 heteroatoms. The van der Waals surface area contributed by atoms with Gasteiger partial charge in [0, 0.05) is 0 Å². The lowest BCUT2D eigenvalue weighted by atomic mass is 10.2. The second kappa shape index (κ2) is 10.3. The molecule has 8 nitrogen and oxygen atoms in total. The van der Waals surface area contributed by atoms with Crippen LogP contribution in [0.25, 0.3) is 0 Å². The number of hydrazine groups is 1. The molecule has 0 radical (unpaired) electrons. The lowest BCUT2D eigenvalue weighted by Crippen LogP contribution is -2.44. The van der Waals surface area contributed by atoms with Crippen molar-refractivity contribution in [2.45, 2.75) is 6.42 Å². The van der Waals surface area contributed by atoms with Crippen LogP contribution in [0.4, 0.5) is 0 Å². The van der Waals surface area contributed by atoms with Crippen molar-refractivity contribution in [2.24, 2.45) is 0 Å². The third kappa shape index (κ3) is 6.25.